The molecule has 0 fully saturated rings. The van der Waals surface area contributed by atoms with Gasteiger partial charge in [-0.25, -0.2) is 4.79 Å². The number of nitrogens with one attached hydrogen (secondary N) is 1. The number of para-hydroxylation sites is 1. The van der Waals surface area contributed by atoms with Crippen LogP contribution in [-0.4, -0.2) is 39.8 Å². The molecule has 1 aliphatic heterocycles. The second-order valence-electron chi connectivity index (χ2n) is 8.62. The minimum atomic E-state index is -1.07. The summed E-state index contributed by atoms with van der Waals surface area (Å²) in [6, 6.07) is 16.7. The number of carboxylic acids is 1. The third kappa shape index (κ3) is 4.90. The Labute approximate surface area is 208 Å². The zero-order valence-electron chi connectivity index (χ0n) is 20.3. The first kappa shape index (κ1) is 24.5. The van der Waals surface area contributed by atoms with Gasteiger partial charge in [0, 0.05) is 5.56 Å². The van der Waals surface area contributed by atoms with E-state index in [1.807, 2.05) is 39.8 Å². The molecule has 0 unspecified atom stereocenters. The third-order valence-corrected chi connectivity index (χ3v) is 5.62. The van der Waals surface area contributed by atoms with Crippen LogP contribution < -0.4 is 10.4 Å². The summed E-state index contributed by atoms with van der Waals surface area (Å²) < 4.78 is 5.75. The van der Waals surface area contributed by atoms with Crippen molar-refractivity contribution in [3.63, 3.8) is 0 Å². The van der Waals surface area contributed by atoms with E-state index in [9.17, 15) is 19.8 Å². The highest BCUT2D eigenvalue weighted by Crippen LogP contribution is 2.36. The fourth-order valence-electron chi connectivity index (χ4n) is 3.61. The fourth-order valence-corrected chi connectivity index (χ4v) is 3.61. The largest absolute Gasteiger partial charge is 0.505 e. The summed E-state index contributed by atoms with van der Waals surface area (Å²) >= 11 is 0. The normalized spacial score (nSPS) is 14.4. The Bertz CT molecular complexity index is 1410. The van der Waals surface area contributed by atoms with E-state index < -0.39 is 11.9 Å². The van der Waals surface area contributed by atoms with Crippen LogP contribution in [0.1, 0.15) is 35.3 Å². The van der Waals surface area contributed by atoms with Gasteiger partial charge in [0.2, 0.25) is 5.71 Å². The number of amides is 1. The number of hydrogen-bond acceptors (Lipinski definition) is 7. The number of phenols is 1. The van der Waals surface area contributed by atoms with Crippen molar-refractivity contribution in [2.24, 2.45) is 10.2 Å². The predicted molar refractivity (Wildman–Crippen MR) is 139 cm³/mol. The molecule has 9 nitrogen and oxygen atoms in total. The van der Waals surface area contributed by atoms with Gasteiger partial charge in [0.05, 0.1) is 23.0 Å². The number of carboxylic acid groups (broad SMARTS) is 1. The number of ether oxygens (including phenoxy) is 1. The summed E-state index contributed by atoms with van der Waals surface area (Å²) in [7, 11) is 0. The number of aromatic hydroxyl groups is 1. The number of nitrogens with zero attached hydrogens (tertiary/aromatic N) is 3. The predicted octanol–water partition coefficient (Wildman–Crippen LogP) is 4.93. The van der Waals surface area contributed by atoms with Crippen molar-refractivity contribution in [3.8, 4) is 16.9 Å². The molecule has 0 aliphatic carbocycles. The van der Waals surface area contributed by atoms with Crippen LogP contribution in [0.15, 0.2) is 70.9 Å². The van der Waals surface area contributed by atoms with Gasteiger partial charge >= 0.3 is 11.9 Å². The molecule has 0 bridgehead atoms. The van der Waals surface area contributed by atoms with E-state index in [-0.39, 0.29) is 34.7 Å². The van der Waals surface area contributed by atoms with Crippen molar-refractivity contribution >= 4 is 34.9 Å². The average Bonchev–Trinajstić information content (AvgIpc) is 3.14. The van der Waals surface area contributed by atoms with Crippen molar-refractivity contribution in [2.75, 3.05) is 10.4 Å². The summed E-state index contributed by atoms with van der Waals surface area (Å²) in [6.45, 7) is 7.57. The number of aromatic carboxylic acids is 1. The van der Waals surface area contributed by atoms with E-state index >= 15 is 0 Å². The maximum absolute atomic E-state index is 13.2. The van der Waals surface area contributed by atoms with Crippen molar-refractivity contribution in [2.45, 2.75) is 33.8 Å². The number of phenolic OH excluding ortho intramolecular Hbond substituents is 1. The van der Waals surface area contributed by atoms with Crippen molar-refractivity contribution in [3.05, 3.63) is 77.4 Å². The van der Waals surface area contributed by atoms with E-state index in [1.54, 1.807) is 36.4 Å². The molecule has 0 atom stereocenters. The van der Waals surface area contributed by atoms with Crippen LogP contribution in [-0.2, 0) is 9.53 Å². The molecule has 0 spiro atoms. The topological polar surface area (TPSA) is 124 Å². The van der Waals surface area contributed by atoms with E-state index in [0.29, 0.717) is 16.8 Å². The minimum Gasteiger partial charge on any atom is -0.505 e. The molecule has 0 radical (unpaired) electrons. The van der Waals surface area contributed by atoms with Crippen molar-refractivity contribution < 1.29 is 24.5 Å². The van der Waals surface area contributed by atoms with Crippen LogP contribution in [0.5, 0.6) is 5.75 Å². The Kier molecular flexibility index (Phi) is 6.73. The van der Waals surface area contributed by atoms with E-state index in [2.05, 4.69) is 15.6 Å². The molecule has 0 saturated carbocycles. The van der Waals surface area contributed by atoms with E-state index in [1.165, 1.54) is 17.1 Å². The zero-order valence-corrected chi connectivity index (χ0v) is 20.3. The molecule has 9 heteroatoms. The number of carbonyl (C=O) groups is 2. The van der Waals surface area contributed by atoms with Gasteiger partial charge in [-0.15, -0.1) is 5.10 Å². The molecule has 1 heterocycles. The Morgan fingerprint density at radius 3 is 2.50 bits per heavy atom. The smallest absolute Gasteiger partial charge is 0.335 e. The van der Waals surface area contributed by atoms with Crippen molar-refractivity contribution in [1.29, 1.82) is 0 Å². The van der Waals surface area contributed by atoms with Crippen LogP contribution in [0.4, 0.5) is 11.4 Å². The van der Waals surface area contributed by atoms with Crippen LogP contribution in [0, 0.1) is 13.8 Å². The lowest BCUT2D eigenvalue weighted by Crippen LogP contribution is -2.30. The second-order valence-corrected chi connectivity index (χ2v) is 8.62. The third-order valence-electron chi connectivity index (χ3n) is 5.62. The number of hydrazone groups is 2. The van der Waals surface area contributed by atoms with Gasteiger partial charge in [-0.3, -0.25) is 10.2 Å². The Balaban J connectivity index is 1.66. The summed E-state index contributed by atoms with van der Waals surface area (Å²) in [5.41, 5.74) is 6.64. The molecule has 4 rings (SSSR count). The minimum absolute atomic E-state index is 0.0420. The lowest BCUT2D eigenvalue weighted by Gasteiger charge is -2.13. The maximum Gasteiger partial charge on any atom is 0.335 e. The summed E-state index contributed by atoms with van der Waals surface area (Å²) in [6.07, 6.45) is -0.250. The molecule has 184 valence electrons. The van der Waals surface area contributed by atoms with Gasteiger partial charge in [0.1, 0.15) is 5.75 Å². The van der Waals surface area contributed by atoms with Gasteiger partial charge in [-0.05, 0) is 74.7 Å². The first-order chi connectivity index (χ1) is 17.2. The molecule has 0 saturated heterocycles. The van der Waals surface area contributed by atoms with Gasteiger partial charge in [0.15, 0.2) is 0 Å². The summed E-state index contributed by atoms with van der Waals surface area (Å²) in [4.78, 5) is 24.6. The number of aryl methyl sites for hydroxylation is 2. The molecule has 1 aliphatic rings. The van der Waals surface area contributed by atoms with E-state index in [4.69, 9.17) is 4.74 Å². The number of hydrogen-bond donors (Lipinski definition) is 3. The van der Waals surface area contributed by atoms with E-state index in [0.717, 1.165) is 11.1 Å². The lowest BCUT2D eigenvalue weighted by atomic mass is 10.0. The molecule has 0 aromatic heterocycles. The van der Waals surface area contributed by atoms with Crippen LogP contribution in [0.25, 0.3) is 11.1 Å². The average molecular weight is 487 g/mol. The zero-order chi connectivity index (χ0) is 26.0. The second kappa shape index (κ2) is 9.91. The summed E-state index contributed by atoms with van der Waals surface area (Å²) in [5.74, 6) is -1.64. The highest BCUT2D eigenvalue weighted by molar-refractivity contribution is 6.70. The van der Waals surface area contributed by atoms with Crippen molar-refractivity contribution in [1.82, 2.24) is 0 Å². The molecular formula is C27H26N4O5. The standard InChI is InChI=1S/C27H26N4O5/c1-15(2)36-25-23(26(33)31(30-25)20-12-11-16(3)17(4)13-20)29-28-22-10-6-9-21(24(22)32)18-7-5-8-19(14-18)27(34)35/h5-15,28,32H,1-4H3,(H,34,35). The highest BCUT2D eigenvalue weighted by Gasteiger charge is 2.35. The summed E-state index contributed by atoms with van der Waals surface area (Å²) in [5, 5.41) is 30.0. The van der Waals surface area contributed by atoms with Gasteiger partial charge in [0.25, 0.3) is 5.90 Å². The Morgan fingerprint density at radius 2 is 1.81 bits per heavy atom. The van der Waals surface area contributed by atoms with Crippen LogP contribution >= 0.6 is 0 Å². The lowest BCUT2D eigenvalue weighted by molar-refractivity contribution is -0.112. The first-order valence-corrected chi connectivity index (χ1v) is 11.3. The van der Waals surface area contributed by atoms with Gasteiger partial charge in [-0.1, -0.05) is 30.3 Å². The molecule has 3 aromatic carbocycles. The quantitative estimate of drug-likeness (QED) is 0.335. The molecule has 3 aromatic rings. The maximum atomic E-state index is 13.2. The highest BCUT2D eigenvalue weighted by atomic mass is 16.5. The van der Waals surface area contributed by atoms with Gasteiger partial charge < -0.3 is 14.9 Å². The number of carbonyl (C=O) groups excluding carboxylic acids is 1. The SMILES string of the molecule is Cc1ccc(N2N=C(OC(C)C)C(=NNc3cccc(-c4cccc(C(=O)O)c4)c3O)C2=O)cc1C. The number of rotatable bonds is 6. The molecular weight excluding hydrogens is 460 g/mol. The molecule has 1 amide bonds. The Morgan fingerprint density at radius 1 is 1.06 bits per heavy atom. The Hall–Kier alpha value is -4.66. The number of anilines is 2. The van der Waals surface area contributed by atoms with Gasteiger partial charge in [-0.2, -0.15) is 10.1 Å². The molecule has 36 heavy (non-hydrogen) atoms. The van der Waals surface area contributed by atoms with Crippen LogP contribution in [0.3, 0.4) is 0 Å². The van der Waals surface area contributed by atoms with Crippen LogP contribution in [0.2, 0.25) is 0 Å². The monoisotopic (exact) mass is 486 g/mol. The fraction of sp³-hybridized carbons (Fsp3) is 0.185. The first-order valence-electron chi connectivity index (χ1n) is 11.3. The number of benzene rings is 3. The molecule has 3 N–H and O–H groups in total.